The van der Waals surface area contributed by atoms with E-state index in [2.05, 4.69) is 15.5 Å². The van der Waals surface area contributed by atoms with E-state index in [0.717, 1.165) is 25.9 Å². The highest BCUT2D eigenvalue weighted by Gasteiger charge is 2.19. The zero-order chi connectivity index (χ0) is 17.1. The summed E-state index contributed by atoms with van der Waals surface area (Å²) in [6.45, 7) is 3.60. The molecule has 0 unspecified atom stereocenters. The van der Waals surface area contributed by atoms with Crippen LogP contribution in [0.4, 0.5) is 0 Å². The third-order valence-corrected chi connectivity index (χ3v) is 3.60. The predicted molar refractivity (Wildman–Crippen MR) is 88.3 cm³/mol. The van der Waals surface area contributed by atoms with Crippen LogP contribution in [0.2, 0.25) is 0 Å². The van der Waals surface area contributed by atoms with E-state index >= 15 is 0 Å². The Morgan fingerprint density at radius 1 is 1.39 bits per heavy atom. The molecule has 0 aromatic rings. The Bertz CT molecular complexity index is 468. The van der Waals surface area contributed by atoms with Crippen LogP contribution >= 0.6 is 0 Å². The second-order valence-electron chi connectivity index (χ2n) is 5.87. The highest BCUT2D eigenvalue weighted by molar-refractivity contribution is 5.97. The fourth-order valence-electron chi connectivity index (χ4n) is 2.33. The molecule has 0 spiro atoms. The lowest BCUT2D eigenvalue weighted by Crippen LogP contribution is -2.31. The molecular weight excluding hydrogens is 294 g/mol. The van der Waals surface area contributed by atoms with Crippen molar-refractivity contribution in [1.29, 1.82) is 5.26 Å². The third-order valence-electron chi connectivity index (χ3n) is 3.60. The summed E-state index contributed by atoms with van der Waals surface area (Å²) < 4.78 is 0. The lowest BCUT2D eigenvalue weighted by Gasteiger charge is -2.15. The van der Waals surface area contributed by atoms with Crippen LogP contribution in [0.1, 0.15) is 25.7 Å². The van der Waals surface area contributed by atoms with Gasteiger partial charge < -0.3 is 20.4 Å². The van der Waals surface area contributed by atoms with Gasteiger partial charge in [0.2, 0.25) is 5.91 Å². The standard InChI is InChI=1S/C16H27N5O2/c1-20(2)9-4-7-18-13-14(12-17)16(23)19-8-5-11-21-10-3-6-15(21)22/h13,18H,3-11H2,1-2H3,(H,19,23)/b14-13-. The summed E-state index contributed by atoms with van der Waals surface area (Å²) in [7, 11) is 4.00. The number of nitriles is 1. The lowest BCUT2D eigenvalue weighted by atomic mass is 10.3. The Morgan fingerprint density at radius 3 is 2.78 bits per heavy atom. The topological polar surface area (TPSA) is 88.5 Å². The molecule has 0 aromatic heterocycles. The zero-order valence-electron chi connectivity index (χ0n) is 14.1. The van der Waals surface area contributed by atoms with E-state index in [-0.39, 0.29) is 17.4 Å². The van der Waals surface area contributed by atoms with Gasteiger partial charge in [-0.1, -0.05) is 0 Å². The Balaban J connectivity index is 2.19. The molecular formula is C16H27N5O2. The maximum atomic E-state index is 11.9. The second kappa shape index (κ2) is 10.6. The summed E-state index contributed by atoms with van der Waals surface area (Å²) in [6, 6.07) is 1.90. The van der Waals surface area contributed by atoms with Crippen LogP contribution in [0.25, 0.3) is 0 Å². The van der Waals surface area contributed by atoms with Crippen LogP contribution in [-0.4, -0.2) is 68.4 Å². The molecule has 2 amide bonds. The van der Waals surface area contributed by atoms with E-state index in [1.54, 1.807) is 0 Å². The molecule has 7 heteroatoms. The minimum atomic E-state index is -0.375. The number of nitrogens with zero attached hydrogens (tertiary/aromatic N) is 3. The van der Waals surface area contributed by atoms with E-state index in [9.17, 15) is 9.59 Å². The van der Waals surface area contributed by atoms with Crippen LogP contribution in [0.5, 0.6) is 0 Å². The van der Waals surface area contributed by atoms with Crippen LogP contribution in [0.15, 0.2) is 11.8 Å². The number of likely N-dealkylation sites (tertiary alicyclic amines) is 1. The second-order valence-corrected chi connectivity index (χ2v) is 5.87. The van der Waals surface area contributed by atoms with Gasteiger partial charge in [0.1, 0.15) is 11.6 Å². The SMILES string of the molecule is CN(C)CCCN/C=C(/C#N)C(=O)NCCCN1CCCC1=O. The van der Waals surface area contributed by atoms with Gasteiger partial charge in [-0.25, -0.2) is 0 Å². The van der Waals surface area contributed by atoms with Gasteiger partial charge in [-0.3, -0.25) is 9.59 Å². The summed E-state index contributed by atoms with van der Waals surface area (Å²) >= 11 is 0. The van der Waals surface area contributed by atoms with Crippen molar-refractivity contribution in [2.45, 2.75) is 25.7 Å². The average molecular weight is 321 g/mol. The van der Waals surface area contributed by atoms with Crippen LogP contribution in [0.3, 0.4) is 0 Å². The van der Waals surface area contributed by atoms with E-state index in [1.807, 2.05) is 25.1 Å². The summed E-state index contributed by atoms with van der Waals surface area (Å²) in [5.41, 5.74) is 0.0760. The largest absolute Gasteiger partial charge is 0.390 e. The normalized spacial score (nSPS) is 15.0. The lowest BCUT2D eigenvalue weighted by molar-refractivity contribution is -0.127. The number of amides is 2. The van der Waals surface area contributed by atoms with Crippen LogP contribution in [0, 0.1) is 11.3 Å². The molecule has 0 atom stereocenters. The van der Waals surface area contributed by atoms with Crippen molar-refractivity contribution in [3.63, 3.8) is 0 Å². The molecule has 1 aliphatic rings. The monoisotopic (exact) mass is 321 g/mol. The number of rotatable bonds is 10. The maximum absolute atomic E-state index is 11.9. The molecule has 1 saturated heterocycles. The molecule has 1 heterocycles. The maximum Gasteiger partial charge on any atom is 0.263 e. The molecule has 2 N–H and O–H groups in total. The Hall–Kier alpha value is -2.07. The molecule has 23 heavy (non-hydrogen) atoms. The summed E-state index contributed by atoms with van der Waals surface area (Å²) in [5.74, 6) is -0.184. The van der Waals surface area contributed by atoms with Crippen molar-refractivity contribution in [2.24, 2.45) is 0 Å². The Labute approximate surface area is 138 Å². The van der Waals surface area contributed by atoms with E-state index in [0.29, 0.717) is 32.5 Å². The molecule has 1 aliphatic heterocycles. The molecule has 0 radical (unpaired) electrons. The smallest absolute Gasteiger partial charge is 0.263 e. The van der Waals surface area contributed by atoms with Gasteiger partial charge >= 0.3 is 0 Å². The Kier molecular flexibility index (Phi) is 8.76. The van der Waals surface area contributed by atoms with Gasteiger partial charge in [0.15, 0.2) is 0 Å². The number of nitrogens with one attached hydrogen (secondary N) is 2. The van der Waals surface area contributed by atoms with E-state index in [1.165, 1.54) is 6.20 Å². The number of hydrogen-bond acceptors (Lipinski definition) is 5. The highest BCUT2D eigenvalue weighted by atomic mass is 16.2. The van der Waals surface area contributed by atoms with E-state index < -0.39 is 0 Å². The van der Waals surface area contributed by atoms with Gasteiger partial charge in [-0.15, -0.1) is 0 Å². The molecule has 0 aliphatic carbocycles. The molecule has 1 fully saturated rings. The van der Waals surface area contributed by atoms with Crippen molar-refractivity contribution in [3.05, 3.63) is 11.8 Å². The molecule has 0 aromatic carbocycles. The van der Waals surface area contributed by atoms with Gasteiger partial charge in [0, 0.05) is 38.8 Å². The molecule has 128 valence electrons. The van der Waals surface area contributed by atoms with Gasteiger partial charge in [-0.2, -0.15) is 5.26 Å². The van der Waals surface area contributed by atoms with Crippen LogP contribution in [-0.2, 0) is 9.59 Å². The van der Waals surface area contributed by atoms with Gasteiger partial charge in [0.05, 0.1) is 0 Å². The summed E-state index contributed by atoms with van der Waals surface area (Å²) in [6.07, 6.45) is 4.66. The summed E-state index contributed by atoms with van der Waals surface area (Å²) in [5, 5.41) is 14.7. The van der Waals surface area contributed by atoms with Crippen LogP contribution < -0.4 is 10.6 Å². The van der Waals surface area contributed by atoms with Crippen molar-refractivity contribution in [2.75, 3.05) is 46.8 Å². The number of carbonyl (C=O) groups is 2. The third kappa shape index (κ3) is 7.66. The fraction of sp³-hybridized carbons (Fsp3) is 0.688. The Morgan fingerprint density at radius 2 is 2.17 bits per heavy atom. The first kappa shape index (κ1) is 19.0. The quantitative estimate of drug-likeness (QED) is 0.337. The number of carbonyl (C=O) groups excluding carboxylic acids is 2. The van der Waals surface area contributed by atoms with Crippen molar-refractivity contribution >= 4 is 11.8 Å². The summed E-state index contributed by atoms with van der Waals surface area (Å²) in [4.78, 5) is 27.2. The molecule has 1 rings (SSSR count). The predicted octanol–water partition coefficient (Wildman–Crippen LogP) is 0.0639. The zero-order valence-corrected chi connectivity index (χ0v) is 14.1. The molecule has 0 bridgehead atoms. The minimum Gasteiger partial charge on any atom is -0.390 e. The molecule has 0 saturated carbocycles. The first-order valence-corrected chi connectivity index (χ1v) is 8.09. The molecule has 7 nitrogen and oxygen atoms in total. The highest BCUT2D eigenvalue weighted by Crippen LogP contribution is 2.09. The van der Waals surface area contributed by atoms with Crippen molar-refractivity contribution in [1.82, 2.24) is 20.4 Å². The van der Waals surface area contributed by atoms with Gasteiger partial charge in [0.25, 0.3) is 5.91 Å². The fourth-order valence-corrected chi connectivity index (χ4v) is 2.33. The minimum absolute atomic E-state index is 0.0760. The van der Waals surface area contributed by atoms with Gasteiger partial charge in [-0.05, 0) is 39.9 Å². The van der Waals surface area contributed by atoms with Crippen molar-refractivity contribution in [3.8, 4) is 6.07 Å². The number of hydrogen-bond donors (Lipinski definition) is 2. The average Bonchev–Trinajstić information content (AvgIpc) is 2.92. The first-order chi connectivity index (χ1) is 11.0. The van der Waals surface area contributed by atoms with Crippen molar-refractivity contribution < 1.29 is 9.59 Å². The first-order valence-electron chi connectivity index (χ1n) is 8.09. The van der Waals surface area contributed by atoms with E-state index in [4.69, 9.17) is 5.26 Å².